The molecule has 1 aromatic rings. The molecule has 2 heteroatoms. The van der Waals surface area contributed by atoms with Gasteiger partial charge in [-0.2, -0.15) is 0 Å². The van der Waals surface area contributed by atoms with E-state index >= 15 is 0 Å². The molecular weight excluding hydrogens is 124 g/mol. The third-order valence-corrected chi connectivity index (χ3v) is 1.57. The number of pyridine rings is 1. The summed E-state index contributed by atoms with van der Waals surface area (Å²) in [6.45, 7) is 2.07. The maximum absolute atomic E-state index is 5.77. The van der Waals surface area contributed by atoms with Gasteiger partial charge in [0.1, 0.15) is 0 Å². The number of nitrogens with two attached hydrogens (primary N) is 1. The molecule has 2 nitrogen and oxygen atoms in total. The van der Waals surface area contributed by atoms with E-state index in [1.165, 1.54) is 0 Å². The molecule has 0 aliphatic rings. The van der Waals surface area contributed by atoms with Gasteiger partial charge >= 0.3 is 0 Å². The molecule has 0 fully saturated rings. The lowest BCUT2D eigenvalue weighted by Gasteiger charge is -2.06. The van der Waals surface area contributed by atoms with Gasteiger partial charge in [0.2, 0.25) is 0 Å². The third-order valence-electron chi connectivity index (χ3n) is 1.57. The highest BCUT2D eigenvalue weighted by atomic mass is 14.6. The highest BCUT2D eigenvalue weighted by molar-refractivity contribution is 5.13. The summed E-state index contributed by atoms with van der Waals surface area (Å²) in [5, 5.41) is 0. The Hall–Kier alpha value is -0.890. The first kappa shape index (κ1) is 7.22. The minimum atomic E-state index is 0.169. The first-order valence-corrected chi connectivity index (χ1v) is 3.50. The van der Waals surface area contributed by atoms with Crippen molar-refractivity contribution in [3.05, 3.63) is 30.1 Å². The van der Waals surface area contributed by atoms with Gasteiger partial charge in [0, 0.05) is 18.4 Å². The van der Waals surface area contributed by atoms with Crippen LogP contribution in [0.1, 0.15) is 24.9 Å². The highest BCUT2D eigenvalue weighted by Gasteiger charge is 1.99. The van der Waals surface area contributed by atoms with E-state index in [1.807, 2.05) is 12.1 Å². The largest absolute Gasteiger partial charge is 0.324 e. The zero-order chi connectivity index (χ0) is 7.40. The first-order chi connectivity index (χ1) is 4.84. The fraction of sp³-hybridized carbons (Fsp3) is 0.375. The minimum absolute atomic E-state index is 0.169. The predicted octanol–water partition coefficient (Wildman–Crippen LogP) is 1.49. The predicted molar refractivity (Wildman–Crippen MR) is 41.5 cm³/mol. The zero-order valence-corrected chi connectivity index (χ0v) is 6.12. The van der Waals surface area contributed by atoms with E-state index < -0.39 is 0 Å². The standard InChI is InChI=1S/C8H12N2/c1-2-8(9)7-3-5-10-6-4-7/h3-6,8H,2,9H2,1H3/t8-/m0/s1. The van der Waals surface area contributed by atoms with Gasteiger partial charge in [0.05, 0.1) is 0 Å². The van der Waals surface area contributed by atoms with E-state index in [9.17, 15) is 0 Å². The van der Waals surface area contributed by atoms with Crippen LogP contribution in [-0.2, 0) is 0 Å². The summed E-state index contributed by atoms with van der Waals surface area (Å²) in [4.78, 5) is 3.91. The summed E-state index contributed by atoms with van der Waals surface area (Å²) in [5.41, 5.74) is 6.93. The molecule has 1 aromatic heterocycles. The van der Waals surface area contributed by atoms with E-state index in [2.05, 4.69) is 11.9 Å². The maximum atomic E-state index is 5.77. The molecule has 0 aliphatic carbocycles. The number of hydrogen-bond donors (Lipinski definition) is 1. The highest BCUT2D eigenvalue weighted by Crippen LogP contribution is 2.10. The SMILES string of the molecule is CC[C@H](N)c1ccncc1. The van der Waals surface area contributed by atoms with Crippen molar-refractivity contribution in [1.29, 1.82) is 0 Å². The molecule has 0 unspecified atom stereocenters. The summed E-state index contributed by atoms with van der Waals surface area (Å²) < 4.78 is 0. The van der Waals surface area contributed by atoms with Crippen molar-refractivity contribution >= 4 is 0 Å². The Bertz CT molecular complexity index is 184. The van der Waals surface area contributed by atoms with Gasteiger partial charge in [-0.1, -0.05) is 6.92 Å². The van der Waals surface area contributed by atoms with E-state index in [-0.39, 0.29) is 6.04 Å². The smallest absolute Gasteiger partial charge is 0.0293 e. The van der Waals surface area contributed by atoms with Gasteiger partial charge in [-0.05, 0) is 24.1 Å². The van der Waals surface area contributed by atoms with Crippen LogP contribution in [0.15, 0.2) is 24.5 Å². The lowest BCUT2D eigenvalue weighted by molar-refractivity contribution is 0.697. The van der Waals surface area contributed by atoms with Crippen molar-refractivity contribution in [2.45, 2.75) is 19.4 Å². The molecule has 2 N–H and O–H groups in total. The Morgan fingerprint density at radius 1 is 1.50 bits per heavy atom. The van der Waals surface area contributed by atoms with Crippen LogP contribution >= 0.6 is 0 Å². The minimum Gasteiger partial charge on any atom is -0.324 e. The molecule has 0 spiro atoms. The molecular formula is C8H12N2. The second kappa shape index (κ2) is 3.32. The molecule has 0 saturated carbocycles. The van der Waals surface area contributed by atoms with Crippen LogP contribution in [0, 0.1) is 0 Å². The van der Waals surface area contributed by atoms with Crippen molar-refractivity contribution < 1.29 is 0 Å². The van der Waals surface area contributed by atoms with E-state index in [0.29, 0.717) is 0 Å². The number of rotatable bonds is 2. The van der Waals surface area contributed by atoms with Crippen molar-refractivity contribution in [3.8, 4) is 0 Å². The van der Waals surface area contributed by atoms with Gasteiger partial charge in [0.15, 0.2) is 0 Å². The second-order valence-electron chi connectivity index (χ2n) is 2.30. The maximum Gasteiger partial charge on any atom is 0.0293 e. The lowest BCUT2D eigenvalue weighted by atomic mass is 10.1. The van der Waals surface area contributed by atoms with Crippen LogP contribution in [0.5, 0.6) is 0 Å². The molecule has 1 rings (SSSR count). The van der Waals surface area contributed by atoms with Crippen LogP contribution in [-0.4, -0.2) is 4.98 Å². The summed E-state index contributed by atoms with van der Waals surface area (Å²) >= 11 is 0. The average molecular weight is 136 g/mol. The molecule has 0 bridgehead atoms. The molecule has 0 radical (unpaired) electrons. The molecule has 0 amide bonds. The Labute approximate surface area is 61.1 Å². The second-order valence-corrected chi connectivity index (χ2v) is 2.30. The molecule has 0 saturated heterocycles. The van der Waals surface area contributed by atoms with Crippen LogP contribution < -0.4 is 5.73 Å². The lowest BCUT2D eigenvalue weighted by Crippen LogP contribution is -2.07. The quantitative estimate of drug-likeness (QED) is 0.669. The normalized spacial score (nSPS) is 13.0. The Kier molecular flexibility index (Phi) is 2.40. The van der Waals surface area contributed by atoms with Crippen molar-refractivity contribution in [3.63, 3.8) is 0 Å². The van der Waals surface area contributed by atoms with Crippen molar-refractivity contribution in [2.75, 3.05) is 0 Å². The van der Waals surface area contributed by atoms with E-state index in [1.54, 1.807) is 12.4 Å². The number of nitrogens with zero attached hydrogens (tertiary/aromatic N) is 1. The Balaban J connectivity index is 2.75. The van der Waals surface area contributed by atoms with Crippen LogP contribution in [0.2, 0.25) is 0 Å². The Morgan fingerprint density at radius 3 is 2.60 bits per heavy atom. The van der Waals surface area contributed by atoms with Crippen LogP contribution in [0.3, 0.4) is 0 Å². The number of hydrogen-bond acceptors (Lipinski definition) is 2. The molecule has 10 heavy (non-hydrogen) atoms. The van der Waals surface area contributed by atoms with E-state index in [0.717, 1.165) is 12.0 Å². The van der Waals surface area contributed by atoms with Crippen LogP contribution in [0.25, 0.3) is 0 Å². The van der Waals surface area contributed by atoms with Crippen molar-refractivity contribution in [1.82, 2.24) is 4.98 Å². The molecule has 0 aromatic carbocycles. The van der Waals surface area contributed by atoms with Gasteiger partial charge in [0.25, 0.3) is 0 Å². The summed E-state index contributed by atoms with van der Waals surface area (Å²) in [5.74, 6) is 0. The summed E-state index contributed by atoms with van der Waals surface area (Å²) in [6.07, 6.45) is 4.51. The Morgan fingerprint density at radius 2 is 2.10 bits per heavy atom. The molecule has 1 heterocycles. The van der Waals surface area contributed by atoms with Gasteiger partial charge in [-0.3, -0.25) is 4.98 Å². The summed E-state index contributed by atoms with van der Waals surface area (Å²) in [7, 11) is 0. The average Bonchev–Trinajstić information content (AvgIpc) is 2.05. The summed E-state index contributed by atoms with van der Waals surface area (Å²) in [6, 6.07) is 4.07. The first-order valence-electron chi connectivity index (χ1n) is 3.50. The zero-order valence-electron chi connectivity index (χ0n) is 6.12. The van der Waals surface area contributed by atoms with Crippen molar-refractivity contribution in [2.24, 2.45) is 5.73 Å². The van der Waals surface area contributed by atoms with Gasteiger partial charge in [-0.15, -0.1) is 0 Å². The molecule has 54 valence electrons. The third kappa shape index (κ3) is 1.54. The number of aromatic nitrogens is 1. The van der Waals surface area contributed by atoms with Gasteiger partial charge < -0.3 is 5.73 Å². The fourth-order valence-electron chi connectivity index (χ4n) is 0.846. The van der Waals surface area contributed by atoms with Crippen LogP contribution in [0.4, 0.5) is 0 Å². The molecule has 0 aliphatic heterocycles. The van der Waals surface area contributed by atoms with E-state index in [4.69, 9.17) is 5.73 Å². The topological polar surface area (TPSA) is 38.9 Å². The fourth-order valence-corrected chi connectivity index (χ4v) is 0.846. The molecule has 1 atom stereocenters. The monoisotopic (exact) mass is 136 g/mol. The van der Waals surface area contributed by atoms with Gasteiger partial charge in [-0.25, -0.2) is 0 Å².